The molecule has 8 heteroatoms. The number of carbonyl (C=O) groups is 2. The lowest BCUT2D eigenvalue weighted by atomic mass is 10.2. The van der Waals surface area contributed by atoms with Crippen molar-refractivity contribution in [3.63, 3.8) is 0 Å². The highest BCUT2D eigenvalue weighted by molar-refractivity contribution is 5.97. The number of amides is 2. The zero-order valence-electron chi connectivity index (χ0n) is 16.6. The third-order valence-corrected chi connectivity index (χ3v) is 4.98. The number of carbonyl (C=O) groups excluding carboxylic acids is 2. The van der Waals surface area contributed by atoms with Gasteiger partial charge in [-0.05, 0) is 39.7 Å². The summed E-state index contributed by atoms with van der Waals surface area (Å²) in [6.45, 7) is 8.19. The van der Waals surface area contributed by atoms with E-state index in [0.29, 0.717) is 32.0 Å². The van der Waals surface area contributed by atoms with Crippen LogP contribution in [0, 0.1) is 5.92 Å². The molecule has 0 aromatic carbocycles. The van der Waals surface area contributed by atoms with Gasteiger partial charge in [0.1, 0.15) is 17.1 Å². The lowest BCUT2D eigenvalue weighted by molar-refractivity contribution is -0.117. The number of rotatable bonds is 3. The van der Waals surface area contributed by atoms with Gasteiger partial charge in [-0.2, -0.15) is 0 Å². The molecule has 4 rings (SSSR count). The first-order valence-corrected chi connectivity index (χ1v) is 9.82. The van der Waals surface area contributed by atoms with Gasteiger partial charge in [-0.25, -0.2) is 9.78 Å². The van der Waals surface area contributed by atoms with E-state index in [1.165, 1.54) is 0 Å². The predicted molar refractivity (Wildman–Crippen MR) is 107 cm³/mol. The Kier molecular flexibility index (Phi) is 4.64. The van der Waals surface area contributed by atoms with Crippen LogP contribution in [0.1, 0.15) is 33.6 Å². The van der Waals surface area contributed by atoms with Crippen molar-refractivity contribution in [2.45, 2.75) is 39.2 Å². The summed E-state index contributed by atoms with van der Waals surface area (Å²) in [5, 5.41) is 3.95. The Labute approximate surface area is 164 Å². The molecular formula is C20H27N5O3. The molecule has 1 saturated heterocycles. The molecule has 1 aliphatic heterocycles. The Bertz CT molecular complexity index is 889. The third-order valence-electron chi connectivity index (χ3n) is 4.98. The SMILES string of the molecule is CC(C)(C)OC(=O)N1CCN(c2cc(NC(=O)C3CC3)nc3[nH]ccc23)CC1. The average molecular weight is 385 g/mol. The molecule has 2 aliphatic rings. The normalized spacial score (nSPS) is 17.7. The maximum absolute atomic E-state index is 12.3. The van der Waals surface area contributed by atoms with Gasteiger partial charge >= 0.3 is 6.09 Å². The van der Waals surface area contributed by atoms with Crippen LogP contribution in [0.3, 0.4) is 0 Å². The number of hydrogen-bond donors (Lipinski definition) is 2. The van der Waals surface area contributed by atoms with Crippen molar-refractivity contribution >= 4 is 34.5 Å². The molecule has 28 heavy (non-hydrogen) atoms. The minimum absolute atomic E-state index is 0.0408. The van der Waals surface area contributed by atoms with E-state index in [1.54, 1.807) is 4.90 Å². The number of ether oxygens (including phenoxy) is 1. The molecule has 2 aromatic heterocycles. The largest absolute Gasteiger partial charge is 0.444 e. The number of H-pyrrole nitrogens is 1. The first kappa shape index (κ1) is 18.6. The fourth-order valence-electron chi connectivity index (χ4n) is 3.38. The highest BCUT2D eigenvalue weighted by Crippen LogP contribution is 2.32. The van der Waals surface area contributed by atoms with Crippen molar-refractivity contribution in [2.24, 2.45) is 5.92 Å². The molecule has 0 bridgehead atoms. The fourth-order valence-corrected chi connectivity index (χ4v) is 3.38. The highest BCUT2D eigenvalue weighted by Gasteiger charge is 2.30. The molecule has 2 amide bonds. The van der Waals surface area contributed by atoms with Gasteiger partial charge in [0.15, 0.2) is 0 Å². The quantitative estimate of drug-likeness (QED) is 0.848. The number of piperazine rings is 1. The first-order valence-electron chi connectivity index (χ1n) is 9.82. The summed E-state index contributed by atoms with van der Waals surface area (Å²) in [6, 6.07) is 3.92. The van der Waals surface area contributed by atoms with E-state index in [9.17, 15) is 9.59 Å². The average Bonchev–Trinajstić information content (AvgIpc) is 3.38. The van der Waals surface area contributed by atoms with Crippen LogP contribution in [0.15, 0.2) is 18.3 Å². The van der Waals surface area contributed by atoms with E-state index in [-0.39, 0.29) is 17.9 Å². The number of nitrogens with zero attached hydrogens (tertiary/aromatic N) is 3. The van der Waals surface area contributed by atoms with Crippen LogP contribution in [0.5, 0.6) is 0 Å². The monoisotopic (exact) mass is 385 g/mol. The summed E-state index contributed by atoms with van der Waals surface area (Å²) in [5.41, 5.74) is 1.27. The first-order chi connectivity index (χ1) is 13.3. The minimum atomic E-state index is -0.495. The maximum Gasteiger partial charge on any atom is 0.410 e. The minimum Gasteiger partial charge on any atom is -0.444 e. The molecule has 150 valence electrons. The highest BCUT2D eigenvalue weighted by atomic mass is 16.6. The van der Waals surface area contributed by atoms with Crippen LogP contribution in [0.25, 0.3) is 11.0 Å². The summed E-state index contributed by atoms with van der Waals surface area (Å²) < 4.78 is 5.47. The molecule has 0 unspecified atom stereocenters. The molecule has 8 nitrogen and oxygen atoms in total. The number of aromatic nitrogens is 2. The van der Waals surface area contributed by atoms with Gasteiger partial charge in [0.2, 0.25) is 5.91 Å². The third kappa shape index (κ3) is 4.05. The van der Waals surface area contributed by atoms with Crippen LogP contribution in [0.4, 0.5) is 16.3 Å². The summed E-state index contributed by atoms with van der Waals surface area (Å²) in [6.07, 6.45) is 3.49. The van der Waals surface area contributed by atoms with Crippen molar-refractivity contribution in [1.82, 2.24) is 14.9 Å². The second kappa shape index (κ2) is 7.00. The van der Waals surface area contributed by atoms with Gasteiger partial charge in [0.25, 0.3) is 0 Å². The van der Waals surface area contributed by atoms with Crippen molar-refractivity contribution in [3.05, 3.63) is 18.3 Å². The topological polar surface area (TPSA) is 90.6 Å². The lowest BCUT2D eigenvalue weighted by Gasteiger charge is -2.37. The molecule has 1 aliphatic carbocycles. The number of anilines is 2. The standard InChI is InChI=1S/C20H27N5O3/c1-20(2,3)28-19(27)25-10-8-24(9-11-25)15-12-16(23-18(26)13-4-5-13)22-17-14(15)6-7-21-17/h6-7,12-13H,4-5,8-11H2,1-3H3,(H2,21,22,23,26). The van der Waals surface area contributed by atoms with E-state index in [0.717, 1.165) is 29.6 Å². The van der Waals surface area contributed by atoms with E-state index in [2.05, 4.69) is 20.2 Å². The summed E-state index contributed by atoms with van der Waals surface area (Å²) >= 11 is 0. The lowest BCUT2D eigenvalue weighted by Crippen LogP contribution is -2.50. The number of pyridine rings is 1. The van der Waals surface area contributed by atoms with Crippen LogP contribution in [-0.4, -0.2) is 58.6 Å². The Morgan fingerprint density at radius 1 is 1.21 bits per heavy atom. The van der Waals surface area contributed by atoms with Gasteiger partial charge in [-0.15, -0.1) is 0 Å². The van der Waals surface area contributed by atoms with Crippen molar-refractivity contribution in [3.8, 4) is 0 Å². The molecule has 0 atom stereocenters. The zero-order valence-corrected chi connectivity index (χ0v) is 16.6. The molecule has 2 aromatic rings. The smallest absolute Gasteiger partial charge is 0.410 e. The van der Waals surface area contributed by atoms with Crippen LogP contribution >= 0.6 is 0 Å². The Hall–Kier alpha value is -2.77. The van der Waals surface area contributed by atoms with E-state index < -0.39 is 5.60 Å². The number of aromatic amines is 1. The molecular weight excluding hydrogens is 358 g/mol. The summed E-state index contributed by atoms with van der Waals surface area (Å²) in [5.74, 6) is 0.734. The maximum atomic E-state index is 12.3. The molecule has 3 heterocycles. The van der Waals surface area contributed by atoms with Crippen LogP contribution in [-0.2, 0) is 9.53 Å². The Balaban J connectivity index is 1.49. The van der Waals surface area contributed by atoms with Gasteiger partial charge in [-0.1, -0.05) is 0 Å². The van der Waals surface area contributed by atoms with Crippen molar-refractivity contribution in [1.29, 1.82) is 0 Å². The number of nitrogens with one attached hydrogen (secondary N) is 2. The summed E-state index contributed by atoms with van der Waals surface area (Å²) in [7, 11) is 0. The van der Waals surface area contributed by atoms with Crippen LogP contribution < -0.4 is 10.2 Å². The van der Waals surface area contributed by atoms with Crippen molar-refractivity contribution < 1.29 is 14.3 Å². The van der Waals surface area contributed by atoms with Gasteiger partial charge in [-0.3, -0.25) is 4.79 Å². The Morgan fingerprint density at radius 2 is 1.93 bits per heavy atom. The van der Waals surface area contributed by atoms with E-state index in [4.69, 9.17) is 4.74 Å². The van der Waals surface area contributed by atoms with Gasteiger partial charge in [0.05, 0.1) is 5.69 Å². The summed E-state index contributed by atoms with van der Waals surface area (Å²) in [4.78, 5) is 36.1. The van der Waals surface area contributed by atoms with Gasteiger partial charge in [0, 0.05) is 49.7 Å². The van der Waals surface area contributed by atoms with Gasteiger partial charge < -0.3 is 24.8 Å². The second-order valence-electron chi connectivity index (χ2n) is 8.48. The van der Waals surface area contributed by atoms with E-state index in [1.807, 2.05) is 39.1 Å². The second-order valence-corrected chi connectivity index (χ2v) is 8.48. The molecule has 0 radical (unpaired) electrons. The molecule has 1 saturated carbocycles. The Morgan fingerprint density at radius 3 is 2.57 bits per heavy atom. The molecule has 0 spiro atoms. The number of hydrogen-bond acceptors (Lipinski definition) is 5. The molecule has 2 N–H and O–H groups in total. The number of fused-ring (bicyclic) bond motifs is 1. The fraction of sp³-hybridized carbons (Fsp3) is 0.550. The van der Waals surface area contributed by atoms with Crippen molar-refractivity contribution in [2.75, 3.05) is 36.4 Å². The van der Waals surface area contributed by atoms with E-state index >= 15 is 0 Å². The zero-order chi connectivity index (χ0) is 19.9. The van der Waals surface area contributed by atoms with Crippen LogP contribution in [0.2, 0.25) is 0 Å². The predicted octanol–water partition coefficient (Wildman–Crippen LogP) is 2.97. The molecule has 2 fully saturated rings.